The molecule has 2 aliphatic heterocycles. The third-order valence-corrected chi connectivity index (χ3v) is 7.51. The van der Waals surface area contributed by atoms with Crippen LogP contribution in [0.4, 0.5) is 0 Å². The molecule has 0 radical (unpaired) electrons. The number of hydrogen-bond donors (Lipinski definition) is 1. The highest BCUT2D eigenvalue weighted by Gasteiger charge is 2.40. The summed E-state index contributed by atoms with van der Waals surface area (Å²) >= 11 is 0. The molecule has 4 rings (SSSR count). The molecule has 31 heavy (non-hydrogen) atoms. The number of nitrogens with zero attached hydrogens (tertiary/aromatic N) is 2. The van der Waals surface area contributed by atoms with Crippen molar-refractivity contribution < 1.29 is 22.7 Å². The molecule has 164 valence electrons. The van der Waals surface area contributed by atoms with Crippen LogP contribution in [-0.4, -0.2) is 61.7 Å². The Morgan fingerprint density at radius 2 is 1.77 bits per heavy atom. The van der Waals surface area contributed by atoms with Crippen molar-refractivity contribution in [2.45, 2.75) is 30.3 Å². The zero-order valence-corrected chi connectivity index (χ0v) is 17.9. The smallest absolute Gasteiger partial charge is 0.269 e. The quantitative estimate of drug-likeness (QED) is 0.624. The van der Waals surface area contributed by atoms with Crippen molar-refractivity contribution in [2.24, 2.45) is 5.73 Å². The van der Waals surface area contributed by atoms with Crippen LogP contribution < -0.4 is 10.5 Å². The van der Waals surface area contributed by atoms with Crippen molar-refractivity contribution in [1.82, 2.24) is 9.21 Å². The Bertz CT molecular complexity index is 1100. The average molecular weight is 444 g/mol. The summed E-state index contributed by atoms with van der Waals surface area (Å²) in [7, 11) is -3.74. The highest BCUT2D eigenvalue weighted by atomic mass is 32.2. The van der Waals surface area contributed by atoms with Crippen molar-refractivity contribution in [3.05, 3.63) is 59.7 Å². The van der Waals surface area contributed by atoms with Gasteiger partial charge in [0.1, 0.15) is 16.7 Å². The molecular formula is C22H25N3O5S. The van der Waals surface area contributed by atoms with Crippen LogP contribution >= 0.6 is 0 Å². The Hall–Kier alpha value is -2.91. The van der Waals surface area contributed by atoms with Gasteiger partial charge in [-0.25, -0.2) is 12.7 Å². The van der Waals surface area contributed by atoms with Gasteiger partial charge in [-0.3, -0.25) is 14.5 Å². The van der Waals surface area contributed by atoms with E-state index in [-0.39, 0.29) is 23.1 Å². The molecule has 0 bridgehead atoms. The van der Waals surface area contributed by atoms with E-state index < -0.39 is 21.8 Å². The van der Waals surface area contributed by atoms with Gasteiger partial charge in [0.2, 0.25) is 0 Å². The number of hydrogen-bond acceptors (Lipinski definition) is 6. The van der Waals surface area contributed by atoms with Gasteiger partial charge in [0.15, 0.2) is 0 Å². The average Bonchev–Trinajstić information content (AvgIpc) is 3.27. The first-order chi connectivity index (χ1) is 14.9. The minimum Gasteiger partial charge on any atom is -0.488 e. The summed E-state index contributed by atoms with van der Waals surface area (Å²) in [4.78, 5) is 26.3. The molecule has 0 spiro atoms. The molecule has 2 aromatic carbocycles. The second kappa shape index (κ2) is 8.68. The summed E-state index contributed by atoms with van der Waals surface area (Å²) in [5.74, 6) is -0.462. The molecule has 8 nitrogen and oxygen atoms in total. The zero-order chi connectivity index (χ0) is 22.0. The number of para-hydroxylation sites is 1. The van der Waals surface area contributed by atoms with Crippen LogP contribution in [0, 0.1) is 0 Å². The highest BCUT2D eigenvalue weighted by molar-refractivity contribution is 7.90. The van der Waals surface area contributed by atoms with Crippen LogP contribution in [0.3, 0.4) is 0 Å². The number of carbonyl (C=O) groups is 2. The topological polar surface area (TPSA) is 110 Å². The fraction of sp³-hybridized carbons (Fsp3) is 0.364. The normalized spacial score (nSPS) is 20.1. The van der Waals surface area contributed by atoms with Crippen LogP contribution in [0.1, 0.15) is 40.0 Å². The van der Waals surface area contributed by atoms with Gasteiger partial charge in [-0.15, -0.1) is 0 Å². The van der Waals surface area contributed by atoms with Crippen LogP contribution in [0.5, 0.6) is 5.75 Å². The number of likely N-dealkylation sites (tertiary alicyclic amines) is 1. The minimum absolute atomic E-state index is 0.0319. The second-order valence-electron chi connectivity index (χ2n) is 7.78. The largest absolute Gasteiger partial charge is 0.488 e. The van der Waals surface area contributed by atoms with Gasteiger partial charge in [0, 0.05) is 19.6 Å². The first-order valence-electron chi connectivity index (χ1n) is 10.3. The molecule has 2 amide bonds. The monoisotopic (exact) mass is 443 g/mol. The molecule has 0 aromatic heterocycles. The molecule has 2 aromatic rings. The van der Waals surface area contributed by atoms with E-state index in [4.69, 9.17) is 10.5 Å². The molecule has 2 aliphatic rings. The summed E-state index contributed by atoms with van der Waals surface area (Å²) < 4.78 is 32.1. The Morgan fingerprint density at radius 3 is 2.55 bits per heavy atom. The summed E-state index contributed by atoms with van der Waals surface area (Å²) in [6.07, 6.45) is 2.16. The molecule has 1 saturated heterocycles. The van der Waals surface area contributed by atoms with E-state index in [0.717, 1.165) is 36.8 Å². The first-order valence-corrected chi connectivity index (χ1v) is 11.8. The summed E-state index contributed by atoms with van der Waals surface area (Å²) in [6.45, 7) is 2.54. The molecule has 0 aliphatic carbocycles. The van der Waals surface area contributed by atoms with E-state index in [2.05, 4.69) is 4.90 Å². The van der Waals surface area contributed by atoms with Crippen LogP contribution in [0.2, 0.25) is 0 Å². The molecule has 1 fully saturated rings. The van der Waals surface area contributed by atoms with Gasteiger partial charge in [0.25, 0.3) is 21.8 Å². The molecular weight excluding hydrogens is 418 g/mol. The number of nitrogens with two attached hydrogens (primary N) is 1. The van der Waals surface area contributed by atoms with E-state index in [9.17, 15) is 18.0 Å². The Balaban J connectivity index is 1.25. The number of primary amides is 1. The third-order valence-electron chi connectivity index (χ3n) is 5.67. The van der Waals surface area contributed by atoms with E-state index in [0.29, 0.717) is 17.7 Å². The van der Waals surface area contributed by atoms with Crippen molar-refractivity contribution in [2.75, 3.05) is 26.2 Å². The number of fused-ring (bicyclic) bond motifs is 1. The lowest BCUT2D eigenvalue weighted by molar-refractivity contribution is 0.0868. The fourth-order valence-electron chi connectivity index (χ4n) is 4.09. The lowest BCUT2D eigenvalue weighted by Gasteiger charge is -2.19. The number of rotatable bonds is 8. The molecule has 1 atom stereocenters. The number of unbranched alkanes of at least 4 members (excludes halogenated alkanes) is 1. The first kappa shape index (κ1) is 21.3. The highest BCUT2D eigenvalue weighted by Crippen LogP contribution is 2.30. The van der Waals surface area contributed by atoms with Gasteiger partial charge in [-0.05, 0) is 50.1 Å². The maximum atomic E-state index is 12.6. The van der Waals surface area contributed by atoms with Crippen LogP contribution in [0.15, 0.2) is 53.4 Å². The molecule has 9 heteroatoms. The molecule has 0 saturated carbocycles. The number of benzene rings is 2. The Morgan fingerprint density at radius 1 is 1.06 bits per heavy atom. The fourth-order valence-corrected chi connectivity index (χ4v) is 5.70. The van der Waals surface area contributed by atoms with E-state index >= 15 is 0 Å². The zero-order valence-electron chi connectivity index (χ0n) is 17.1. The van der Waals surface area contributed by atoms with Crippen molar-refractivity contribution in [3.63, 3.8) is 0 Å². The summed E-state index contributed by atoms with van der Waals surface area (Å²) in [5, 5.41) is 0. The molecule has 2 N–H and O–H groups in total. The minimum atomic E-state index is -3.74. The van der Waals surface area contributed by atoms with Crippen LogP contribution in [-0.2, 0) is 10.0 Å². The van der Waals surface area contributed by atoms with E-state index in [1.165, 1.54) is 6.07 Å². The van der Waals surface area contributed by atoms with Gasteiger partial charge in [-0.1, -0.05) is 24.3 Å². The SMILES string of the molecule is NC(=O)c1ccccc1OC1CCN(CCCCN2C(=O)c3ccccc3S2(=O)=O)C1. The lowest BCUT2D eigenvalue weighted by atomic mass is 10.2. The van der Waals surface area contributed by atoms with Crippen molar-refractivity contribution >= 4 is 21.8 Å². The number of carbonyl (C=O) groups excluding carboxylic acids is 2. The lowest BCUT2D eigenvalue weighted by Crippen LogP contribution is -2.32. The summed E-state index contributed by atoms with van der Waals surface area (Å²) in [5.41, 5.74) is 6.03. The van der Waals surface area contributed by atoms with Gasteiger partial charge < -0.3 is 10.5 Å². The van der Waals surface area contributed by atoms with E-state index in [1.54, 1.807) is 42.5 Å². The standard InChI is InChI=1S/C22H25N3O5S/c23-21(26)17-7-1-3-9-19(17)30-16-11-14-24(15-16)12-5-6-13-25-22(27)18-8-2-4-10-20(18)31(25,28)29/h1-4,7-10,16H,5-6,11-15H2,(H2,23,26). The summed E-state index contributed by atoms with van der Waals surface area (Å²) in [6, 6.07) is 13.3. The second-order valence-corrected chi connectivity index (χ2v) is 9.61. The number of amides is 2. The molecule has 1 unspecified atom stereocenters. The Labute approximate surface area is 181 Å². The number of sulfonamides is 1. The van der Waals surface area contributed by atoms with Crippen molar-refractivity contribution in [3.8, 4) is 5.75 Å². The predicted octanol–water partition coefficient (Wildman–Crippen LogP) is 1.86. The maximum absolute atomic E-state index is 12.6. The van der Waals surface area contributed by atoms with E-state index in [1.807, 2.05) is 0 Å². The third kappa shape index (κ3) is 4.28. The van der Waals surface area contributed by atoms with Gasteiger partial charge >= 0.3 is 0 Å². The molecule has 2 heterocycles. The predicted molar refractivity (Wildman–Crippen MR) is 114 cm³/mol. The maximum Gasteiger partial charge on any atom is 0.269 e. The number of ether oxygens (including phenoxy) is 1. The van der Waals surface area contributed by atoms with Gasteiger partial charge in [0.05, 0.1) is 11.1 Å². The van der Waals surface area contributed by atoms with Crippen LogP contribution in [0.25, 0.3) is 0 Å². The Kier molecular flexibility index (Phi) is 5.97. The van der Waals surface area contributed by atoms with Crippen molar-refractivity contribution in [1.29, 1.82) is 0 Å². The van der Waals surface area contributed by atoms with Gasteiger partial charge in [-0.2, -0.15) is 0 Å².